The summed E-state index contributed by atoms with van der Waals surface area (Å²) in [5.41, 5.74) is 22.8. The van der Waals surface area contributed by atoms with E-state index < -0.39 is 22.4 Å². The fourth-order valence-electron chi connectivity index (χ4n) is 13.7. The Morgan fingerprint density at radius 1 is 0.405 bits per heavy atom. The minimum atomic E-state index is -0.548. The summed E-state index contributed by atoms with van der Waals surface area (Å²) in [6.07, 6.45) is 15.8. The quantitative estimate of drug-likeness (QED) is 0.112. The summed E-state index contributed by atoms with van der Waals surface area (Å²) in [4.78, 5) is 121. The highest BCUT2D eigenvalue weighted by Gasteiger charge is 2.41. The highest BCUT2D eigenvalue weighted by Crippen LogP contribution is 2.52. The standard InChI is InChI=1S/2C21H24N4O3S2.2C19H22N4O2S2.2CH4/c1-11-17-13(7-9-25(11)20(27)28-21(3,4)5)16(18(30-17)23-12(2)26)19-24-14-10-22-8-6-15(14)29-19;1-11-8-13-16(10-25(11)20(27)28-21(3,4)5)30-18(23-12(2)26)17(13)19-24-14-9-22-7-6-15(14)29-19;1-10-15-11(6-8-23(10)18(24)25-19(2,3)4)14(16(20)27-15)17-22-12-9-21-7-5-13(12)26-17;1-10-7-11-14(9-23(10)18(24)25-19(2,3)4)26-16(20)15(11)17-22-12-8-21-6-5-13(12)27-17;;/h6,8,10-11H,7,9H2,1-5H3,(H,23,26);6-7,9,11H,8,10H2,1-5H3,(H,23,26);5,7,9-10H,6,8,20H2,1-4H3;5-6,8,10H,7,9,20H2,1-4H3;2*1H4. The summed E-state index contributed by atoms with van der Waals surface area (Å²) in [5.74, 6) is -0.260. The summed E-state index contributed by atoms with van der Waals surface area (Å²) in [6, 6.07) is 7.63. The second kappa shape index (κ2) is 34.6. The van der Waals surface area contributed by atoms with E-state index in [2.05, 4.69) is 30.6 Å². The van der Waals surface area contributed by atoms with Crippen molar-refractivity contribution in [2.75, 3.05) is 35.2 Å². The van der Waals surface area contributed by atoms with Gasteiger partial charge in [-0.05, 0) is 183 Å². The number of nitrogens with zero attached hydrogens (tertiary/aromatic N) is 12. The van der Waals surface area contributed by atoms with Gasteiger partial charge in [0.25, 0.3) is 0 Å². The zero-order valence-corrected chi connectivity index (χ0v) is 73.3. The Hall–Kier alpha value is -9.42. The number of carbonyl (C=O) groups is 6. The number of anilines is 4. The van der Waals surface area contributed by atoms with Gasteiger partial charge in [0.15, 0.2) is 0 Å². The number of nitrogens with one attached hydrogen (secondary N) is 2. The molecular formula is C82H100N16O10S8. The van der Waals surface area contributed by atoms with E-state index in [0.29, 0.717) is 39.0 Å². The van der Waals surface area contributed by atoms with E-state index in [4.69, 9.17) is 50.4 Å². The van der Waals surface area contributed by atoms with E-state index >= 15 is 0 Å². The molecule has 4 atom stereocenters. The lowest BCUT2D eigenvalue weighted by Gasteiger charge is -2.35. The molecule has 26 nitrogen and oxygen atoms in total. The second-order valence-corrected chi connectivity index (χ2v) is 40.6. The molecule has 0 aromatic carbocycles. The molecule has 6 N–H and O–H groups in total. The van der Waals surface area contributed by atoms with Crippen LogP contribution >= 0.6 is 90.7 Å². The van der Waals surface area contributed by atoms with E-state index in [0.717, 1.165) is 147 Å². The molecule has 4 aliphatic rings. The Balaban J connectivity index is 0.000000151. The van der Waals surface area contributed by atoms with E-state index in [9.17, 15) is 28.8 Å². The van der Waals surface area contributed by atoms with Crippen molar-refractivity contribution in [2.24, 2.45) is 0 Å². The number of nitrogens with two attached hydrogens (primary N) is 2. The molecule has 0 fully saturated rings. The third-order valence-corrected chi connectivity index (χ3v) is 27.6. The van der Waals surface area contributed by atoms with Gasteiger partial charge < -0.3 is 60.6 Å². The minimum Gasteiger partial charge on any atom is -0.444 e. The molecule has 0 spiro atoms. The van der Waals surface area contributed by atoms with E-state index in [1.807, 2.05) is 135 Å². The van der Waals surface area contributed by atoms with Crippen LogP contribution in [0.2, 0.25) is 0 Å². The molecule has 0 saturated heterocycles. The van der Waals surface area contributed by atoms with Gasteiger partial charge in [-0.25, -0.2) is 39.1 Å². The normalized spacial score (nSPS) is 16.5. The first-order valence-electron chi connectivity index (χ1n) is 37.2. The number of ether oxygens (including phenoxy) is 4. The van der Waals surface area contributed by atoms with Gasteiger partial charge in [0.2, 0.25) is 11.8 Å². The molecule has 4 aliphatic heterocycles. The monoisotopic (exact) mass is 1720 g/mol. The smallest absolute Gasteiger partial charge is 0.410 e. The van der Waals surface area contributed by atoms with Crippen LogP contribution in [-0.4, -0.2) is 143 Å². The van der Waals surface area contributed by atoms with Gasteiger partial charge >= 0.3 is 24.4 Å². The average Bonchev–Trinajstić information content (AvgIpc) is 1.63. The Morgan fingerprint density at radius 2 is 0.698 bits per heavy atom. The van der Waals surface area contributed by atoms with Crippen molar-refractivity contribution >= 4 is 188 Å². The van der Waals surface area contributed by atoms with Gasteiger partial charge in [-0.3, -0.25) is 29.5 Å². The van der Waals surface area contributed by atoms with Gasteiger partial charge in [0.1, 0.15) is 74.5 Å². The predicted molar refractivity (Wildman–Crippen MR) is 474 cm³/mol. The fourth-order valence-corrected chi connectivity index (χ4v) is 22.9. The number of aromatic nitrogens is 8. The average molecular weight is 1730 g/mol. The molecule has 616 valence electrons. The number of thiophene rings is 4. The molecule has 4 unspecified atom stereocenters. The minimum absolute atomic E-state index is 0. The molecule has 16 rings (SSSR count). The van der Waals surface area contributed by atoms with Gasteiger partial charge in [-0.1, -0.05) is 14.9 Å². The molecule has 116 heavy (non-hydrogen) atoms. The van der Waals surface area contributed by atoms with Gasteiger partial charge in [0, 0.05) is 106 Å². The van der Waals surface area contributed by atoms with Gasteiger partial charge in [0.05, 0.1) is 78.8 Å². The maximum Gasteiger partial charge on any atom is 0.410 e. The van der Waals surface area contributed by atoms with Crippen molar-refractivity contribution < 1.29 is 47.7 Å². The number of hydrogen-bond acceptors (Lipinski definition) is 28. The Morgan fingerprint density at radius 3 is 1.05 bits per heavy atom. The van der Waals surface area contributed by atoms with Crippen LogP contribution in [0.3, 0.4) is 0 Å². The van der Waals surface area contributed by atoms with Crippen molar-refractivity contribution in [3.8, 4) is 42.3 Å². The number of nitrogen functional groups attached to an aromatic ring is 2. The summed E-state index contributed by atoms with van der Waals surface area (Å²) in [6.45, 7) is 35.7. The zero-order valence-electron chi connectivity index (χ0n) is 66.8. The molecule has 6 amide bonds. The number of amides is 6. The van der Waals surface area contributed by atoms with Gasteiger partial charge in [-0.15, -0.1) is 90.7 Å². The largest absolute Gasteiger partial charge is 0.444 e. The van der Waals surface area contributed by atoms with Crippen molar-refractivity contribution in [1.82, 2.24) is 59.5 Å². The van der Waals surface area contributed by atoms with Crippen LogP contribution in [0.4, 0.5) is 39.2 Å². The Bertz CT molecular complexity index is 5480. The number of rotatable bonds is 6. The first-order valence-corrected chi connectivity index (χ1v) is 43.7. The lowest BCUT2D eigenvalue weighted by molar-refractivity contribution is -0.115. The third kappa shape index (κ3) is 19.4. The highest BCUT2D eigenvalue weighted by atomic mass is 32.1. The van der Waals surface area contributed by atoms with Crippen molar-refractivity contribution in [3.63, 3.8) is 0 Å². The maximum absolute atomic E-state index is 12.7. The number of pyridine rings is 4. The van der Waals surface area contributed by atoms with Crippen LogP contribution < -0.4 is 22.1 Å². The van der Waals surface area contributed by atoms with E-state index in [-0.39, 0.29) is 75.2 Å². The number of thiazole rings is 4. The third-order valence-electron chi connectivity index (χ3n) is 18.6. The van der Waals surface area contributed by atoms with E-state index in [1.54, 1.807) is 137 Å². The van der Waals surface area contributed by atoms with Crippen molar-refractivity contribution in [2.45, 2.75) is 225 Å². The molecule has 16 heterocycles. The lowest BCUT2D eigenvalue weighted by atomic mass is 9.97. The molecule has 0 bridgehead atoms. The van der Waals surface area contributed by atoms with Gasteiger partial charge in [-0.2, -0.15) is 0 Å². The summed E-state index contributed by atoms with van der Waals surface area (Å²) in [5, 5.41) is 12.6. The maximum atomic E-state index is 12.7. The van der Waals surface area contributed by atoms with Crippen LogP contribution in [0, 0.1) is 0 Å². The van der Waals surface area contributed by atoms with Crippen LogP contribution in [-0.2, 0) is 67.3 Å². The number of hydrogen-bond donors (Lipinski definition) is 4. The van der Waals surface area contributed by atoms with Crippen LogP contribution in [0.5, 0.6) is 0 Å². The van der Waals surface area contributed by atoms with Crippen LogP contribution in [0.25, 0.3) is 83.2 Å². The Labute approximate surface area is 707 Å². The second-order valence-electron chi connectivity index (χ2n) is 32.1. The molecule has 34 heteroatoms. The number of fused-ring (bicyclic) bond motifs is 8. The van der Waals surface area contributed by atoms with Crippen molar-refractivity contribution in [1.29, 1.82) is 0 Å². The Kier molecular flexibility index (Phi) is 26.1. The summed E-state index contributed by atoms with van der Waals surface area (Å²) in [7, 11) is 0. The van der Waals surface area contributed by atoms with Crippen molar-refractivity contribution in [3.05, 3.63) is 116 Å². The summed E-state index contributed by atoms with van der Waals surface area (Å²) >= 11 is 12.5. The van der Waals surface area contributed by atoms with E-state index in [1.165, 1.54) is 47.6 Å². The first-order chi connectivity index (χ1) is 53.7. The molecular weight excluding hydrogens is 1630 g/mol. The lowest BCUT2D eigenvalue weighted by Crippen LogP contribution is -2.44. The topological polar surface area (TPSA) is 332 Å². The summed E-state index contributed by atoms with van der Waals surface area (Å²) < 4.78 is 26.6. The predicted octanol–water partition coefficient (Wildman–Crippen LogP) is 21.1. The first kappa shape index (κ1) is 87.4. The fraction of sp³-hybridized carbons (Fsp3) is 0.439. The molecule has 0 aliphatic carbocycles. The molecule has 0 saturated carbocycles. The SMILES string of the molecule is C.C.CC(=O)Nc1sc2c(c1-c1nc3cnccc3s1)CC(C)N(C(=O)OC(C)(C)C)C2.CC(=O)Nc1sc2c(c1-c1nc3cnccc3s1)CCN(C(=O)OC(C)(C)C)C2C.CC1Cc2c(sc(N)c2-c2nc3cnccc3s2)CN1C(=O)OC(C)(C)C.CC1c2sc(N)c(-c3nc4cnccc4s3)c2CCN1C(=O)OC(C)(C)C. The molecule has 12 aromatic rings. The zero-order chi connectivity index (χ0) is 81.9. The van der Waals surface area contributed by atoms with Crippen LogP contribution in [0.15, 0.2) is 73.8 Å². The highest BCUT2D eigenvalue weighted by molar-refractivity contribution is 7.24. The molecule has 0 radical (unpaired) electrons. The molecule has 12 aromatic heterocycles. The van der Waals surface area contributed by atoms with Crippen LogP contribution in [0.1, 0.15) is 193 Å². The number of carbonyl (C=O) groups excluding carboxylic acids is 6.